The number of methoxy groups -OCH3 is 1. The van der Waals surface area contributed by atoms with Gasteiger partial charge >= 0.3 is 5.97 Å². The van der Waals surface area contributed by atoms with Crippen molar-refractivity contribution in [1.29, 1.82) is 0 Å². The molecule has 2 rings (SSSR count). The molecule has 0 aliphatic heterocycles. The minimum absolute atomic E-state index is 0.0244. The second kappa shape index (κ2) is 6.23. The van der Waals surface area contributed by atoms with Gasteiger partial charge in [0.15, 0.2) is 0 Å². The third kappa shape index (κ3) is 3.29. The summed E-state index contributed by atoms with van der Waals surface area (Å²) >= 11 is 5.95. The van der Waals surface area contributed by atoms with E-state index in [9.17, 15) is 9.59 Å². The Hall–Kier alpha value is -2.60. The summed E-state index contributed by atoms with van der Waals surface area (Å²) in [7, 11) is 1.42. The zero-order chi connectivity index (χ0) is 15.4. The van der Waals surface area contributed by atoms with Gasteiger partial charge in [-0.15, -0.1) is 0 Å². The fourth-order valence-electron chi connectivity index (χ4n) is 1.67. The molecule has 6 nitrogen and oxygen atoms in total. The standard InChI is InChI=1S/C14H11ClN2O4/c1-21-12-7-16-5-4-9(12)13(18)17-11-6-8(14(19)20)2-3-10(11)15/h2-7H,1H3,(H,17,18)(H,19,20). The molecule has 0 aliphatic carbocycles. The van der Waals surface area contributed by atoms with Crippen molar-refractivity contribution in [2.24, 2.45) is 0 Å². The Balaban J connectivity index is 2.31. The monoisotopic (exact) mass is 306 g/mol. The van der Waals surface area contributed by atoms with Gasteiger partial charge in [0.25, 0.3) is 5.91 Å². The maximum atomic E-state index is 12.2. The van der Waals surface area contributed by atoms with Crippen LogP contribution in [0.25, 0.3) is 0 Å². The lowest BCUT2D eigenvalue weighted by atomic mass is 10.2. The summed E-state index contributed by atoms with van der Waals surface area (Å²) in [5, 5.41) is 11.7. The van der Waals surface area contributed by atoms with Gasteiger partial charge in [0, 0.05) is 6.20 Å². The molecule has 0 radical (unpaired) electrons. The summed E-state index contributed by atoms with van der Waals surface area (Å²) in [5.74, 6) is -1.28. The van der Waals surface area contributed by atoms with Crippen LogP contribution in [0.4, 0.5) is 5.69 Å². The molecule has 1 aromatic carbocycles. The Bertz CT molecular complexity index is 703. The Morgan fingerprint density at radius 2 is 2.10 bits per heavy atom. The quantitative estimate of drug-likeness (QED) is 0.906. The first-order chi connectivity index (χ1) is 10.0. The third-order valence-corrected chi connectivity index (χ3v) is 3.04. The lowest BCUT2D eigenvalue weighted by Gasteiger charge is -2.10. The van der Waals surface area contributed by atoms with Crippen molar-refractivity contribution in [1.82, 2.24) is 4.98 Å². The van der Waals surface area contributed by atoms with Crippen LogP contribution in [0.15, 0.2) is 36.7 Å². The average molecular weight is 307 g/mol. The molecule has 0 fully saturated rings. The first-order valence-electron chi connectivity index (χ1n) is 5.85. The van der Waals surface area contributed by atoms with E-state index in [1.54, 1.807) is 0 Å². The van der Waals surface area contributed by atoms with Gasteiger partial charge in [-0.05, 0) is 24.3 Å². The highest BCUT2D eigenvalue weighted by molar-refractivity contribution is 6.34. The molecule has 0 bridgehead atoms. The highest BCUT2D eigenvalue weighted by Gasteiger charge is 2.15. The number of carbonyl (C=O) groups excluding carboxylic acids is 1. The minimum Gasteiger partial charge on any atom is -0.494 e. The molecule has 1 amide bonds. The number of carbonyl (C=O) groups is 2. The van der Waals surface area contributed by atoms with Crippen molar-refractivity contribution < 1.29 is 19.4 Å². The van der Waals surface area contributed by atoms with Crippen LogP contribution in [0.1, 0.15) is 20.7 Å². The van der Waals surface area contributed by atoms with Crippen molar-refractivity contribution in [3.63, 3.8) is 0 Å². The lowest BCUT2D eigenvalue weighted by Crippen LogP contribution is -2.14. The van der Waals surface area contributed by atoms with E-state index in [0.29, 0.717) is 5.75 Å². The van der Waals surface area contributed by atoms with E-state index in [1.165, 1.54) is 43.8 Å². The van der Waals surface area contributed by atoms with Crippen LogP contribution in [0.5, 0.6) is 5.75 Å². The molecule has 0 saturated carbocycles. The molecule has 0 spiro atoms. The Kier molecular flexibility index (Phi) is 4.39. The van der Waals surface area contributed by atoms with Crippen LogP contribution in [0, 0.1) is 0 Å². The van der Waals surface area contributed by atoms with E-state index in [-0.39, 0.29) is 21.8 Å². The number of anilines is 1. The summed E-state index contributed by atoms with van der Waals surface area (Å²) < 4.78 is 5.05. The number of aromatic nitrogens is 1. The minimum atomic E-state index is -1.11. The number of nitrogens with one attached hydrogen (secondary N) is 1. The van der Waals surface area contributed by atoms with Crippen LogP contribution < -0.4 is 10.1 Å². The molecule has 1 aromatic heterocycles. The van der Waals surface area contributed by atoms with Crippen LogP contribution in [-0.4, -0.2) is 29.1 Å². The fraction of sp³-hybridized carbons (Fsp3) is 0.0714. The number of nitrogens with zero attached hydrogens (tertiary/aromatic N) is 1. The number of pyridine rings is 1. The summed E-state index contributed by atoms with van der Waals surface area (Å²) in [5.41, 5.74) is 0.501. The zero-order valence-electron chi connectivity index (χ0n) is 11.0. The molecule has 0 unspecified atom stereocenters. The summed E-state index contributed by atoms with van der Waals surface area (Å²) in [6.07, 6.45) is 2.86. The van der Waals surface area contributed by atoms with Crippen molar-refractivity contribution in [2.45, 2.75) is 0 Å². The number of aromatic carboxylic acids is 1. The van der Waals surface area contributed by atoms with Crippen molar-refractivity contribution in [3.8, 4) is 5.75 Å². The molecule has 0 saturated heterocycles. The maximum Gasteiger partial charge on any atom is 0.335 e. The number of rotatable bonds is 4. The second-order valence-electron chi connectivity index (χ2n) is 4.03. The average Bonchev–Trinajstić information content (AvgIpc) is 2.49. The second-order valence-corrected chi connectivity index (χ2v) is 4.44. The van der Waals surface area contributed by atoms with E-state index in [2.05, 4.69) is 10.3 Å². The molecule has 2 N–H and O–H groups in total. The SMILES string of the molecule is COc1cnccc1C(=O)Nc1cc(C(=O)O)ccc1Cl. The number of ether oxygens (including phenoxy) is 1. The van der Waals surface area contributed by atoms with E-state index in [4.69, 9.17) is 21.4 Å². The number of carboxylic acid groups (broad SMARTS) is 1. The Morgan fingerprint density at radius 3 is 2.76 bits per heavy atom. The van der Waals surface area contributed by atoms with Crippen molar-refractivity contribution in [2.75, 3.05) is 12.4 Å². The number of amides is 1. The van der Waals surface area contributed by atoms with E-state index in [1.807, 2.05) is 0 Å². The molecular formula is C14H11ClN2O4. The molecule has 0 atom stereocenters. The molecule has 1 heterocycles. The molecule has 2 aromatic rings. The normalized spacial score (nSPS) is 10.0. The molecule has 0 aliphatic rings. The third-order valence-electron chi connectivity index (χ3n) is 2.71. The first-order valence-corrected chi connectivity index (χ1v) is 6.23. The number of halogens is 1. The van der Waals surface area contributed by atoms with Gasteiger partial charge in [-0.2, -0.15) is 0 Å². The Morgan fingerprint density at radius 1 is 1.33 bits per heavy atom. The maximum absolute atomic E-state index is 12.2. The lowest BCUT2D eigenvalue weighted by molar-refractivity contribution is 0.0696. The summed E-state index contributed by atoms with van der Waals surface area (Å²) in [6.45, 7) is 0. The summed E-state index contributed by atoms with van der Waals surface area (Å²) in [4.78, 5) is 27.0. The van der Waals surface area contributed by atoms with Gasteiger partial charge in [-0.1, -0.05) is 11.6 Å². The van der Waals surface area contributed by atoms with Crippen LogP contribution in [-0.2, 0) is 0 Å². The molecule has 21 heavy (non-hydrogen) atoms. The molecule has 108 valence electrons. The fourth-order valence-corrected chi connectivity index (χ4v) is 1.84. The van der Waals surface area contributed by atoms with Crippen molar-refractivity contribution >= 4 is 29.2 Å². The number of hydrogen-bond donors (Lipinski definition) is 2. The van der Waals surface area contributed by atoms with Gasteiger partial charge in [-0.25, -0.2) is 4.79 Å². The predicted octanol–water partition coefficient (Wildman–Crippen LogP) is 2.69. The largest absolute Gasteiger partial charge is 0.494 e. The van der Waals surface area contributed by atoms with Gasteiger partial charge < -0.3 is 15.2 Å². The van der Waals surface area contributed by atoms with Gasteiger partial charge in [0.05, 0.1) is 35.1 Å². The van der Waals surface area contributed by atoms with E-state index in [0.717, 1.165) is 0 Å². The highest BCUT2D eigenvalue weighted by atomic mass is 35.5. The van der Waals surface area contributed by atoms with E-state index >= 15 is 0 Å². The van der Waals surface area contributed by atoms with Gasteiger partial charge in [-0.3, -0.25) is 9.78 Å². The number of hydrogen-bond acceptors (Lipinski definition) is 4. The van der Waals surface area contributed by atoms with Crippen LogP contribution in [0.2, 0.25) is 5.02 Å². The van der Waals surface area contributed by atoms with Gasteiger partial charge in [0.2, 0.25) is 0 Å². The number of carboxylic acids is 1. The molecule has 7 heteroatoms. The first kappa shape index (κ1) is 14.8. The smallest absolute Gasteiger partial charge is 0.335 e. The van der Waals surface area contributed by atoms with Crippen LogP contribution >= 0.6 is 11.6 Å². The van der Waals surface area contributed by atoms with Gasteiger partial charge in [0.1, 0.15) is 5.75 Å². The highest BCUT2D eigenvalue weighted by Crippen LogP contribution is 2.25. The van der Waals surface area contributed by atoms with Crippen molar-refractivity contribution in [3.05, 3.63) is 52.8 Å². The molecular weight excluding hydrogens is 296 g/mol. The van der Waals surface area contributed by atoms with E-state index < -0.39 is 11.9 Å². The topological polar surface area (TPSA) is 88.5 Å². The summed E-state index contributed by atoms with van der Waals surface area (Å²) in [6, 6.07) is 5.54. The zero-order valence-corrected chi connectivity index (χ0v) is 11.7. The predicted molar refractivity (Wildman–Crippen MR) is 77.2 cm³/mol. The Labute approximate surface area is 125 Å². The van der Waals surface area contributed by atoms with Crippen LogP contribution in [0.3, 0.4) is 0 Å². The number of benzene rings is 1.